The predicted molar refractivity (Wildman–Crippen MR) is 88.2 cm³/mol. The van der Waals surface area contributed by atoms with Crippen molar-refractivity contribution in [2.45, 2.75) is 33.4 Å². The predicted octanol–water partition coefficient (Wildman–Crippen LogP) is 3.81. The van der Waals surface area contributed by atoms with Gasteiger partial charge in [0.05, 0.1) is 0 Å². The highest BCUT2D eigenvalue weighted by Crippen LogP contribution is 2.26. The van der Waals surface area contributed by atoms with Gasteiger partial charge in [0.15, 0.2) is 0 Å². The van der Waals surface area contributed by atoms with Gasteiger partial charge in [0, 0.05) is 19.1 Å². The van der Waals surface area contributed by atoms with E-state index in [1.165, 1.54) is 27.8 Å². The molecule has 3 heteroatoms. The zero-order chi connectivity index (χ0) is 14.7. The van der Waals surface area contributed by atoms with E-state index in [4.69, 9.17) is 5.73 Å². The van der Waals surface area contributed by atoms with Crippen molar-refractivity contribution in [2.75, 3.05) is 13.6 Å². The molecule has 2 rings (SSSR count). The fourth-order valence-electron chi connectivity index (χ4n) is 2.67. The van der Waals surface area contributed by atoms with Crippen LogP contribution in [0.1, 0.15) is 33.9 Å². The van der Waals surface area contributed by atoms with Crippen LogP contribution in [0.15, 0.2) is 29.0 Å². The first-order valence-electron chi connectivity index (χ1n) is 7.02. The quantitative estimate of drug-likeness (QED) is 0.906. The molecule has 0 amide bonds. The molecule has 0 spiro atoms. The fraction of sp³-hybridized carbons (Fsp3) is 0.412. The molecule has 108 valence electrons. The molecule has 1 unspecified atom stereocenters. The van der Waals surface area contributed by atoms with Crippen LogP contribution in [0.3, 0.4) is 0 Å². The lowest BCUT2D eigenvalue weighted by Gasteiger charge is -2.29. The third-order valence-electron chi connectivity index (χ3n) is 4.01. The van der Waals surface area contributed by atoms with Crippen molar-refractivity contribution in [2.24, 2.45) is 5.73 Å². The maximum absolute atomic E-state index is 6.05. The highest BCUT2D eigenvalue weighted by atomic mass is 32.1. The lowest BCUT2D eigenvalue weighted by molar-refractivity contribution is 0.241. The maximum Gasteiger partial charge on any atom is 0.0473 e. The zero-order valence-corrected chi connectivity index (χ0v) is 13.6. The first-order valence-corrected chi connectivity index (χ1v) is 7.96. The van der Waals surface area contributed by atoms with Gasteiger partial charge in [-0.05, 0) is 72.5 Å². The van der Waals surface area contributed by atoms with Crippen molar-refractivity contribution in [3.8, 4) is 0 Å². The molecular weight excluding hydrogens is 264 g/mol. The van der Waals surface area contributed by atoms with Gasteiger partial charge < -0.3 is 5.73 Å². The summed E-state index contributed by atoms with van der Waals surface area (Å²) in [4.78, 5) is 2.35. The van der Waals surface area contributed by atoms with Crippen molar-refractivity contribution in [1.29, 1.82) is 0 Å². The number of nitrogens with two attached hydrogens (primary N) is 1. The molecule has 1 aromatic carbocycles. The third kappa shape index (κ3) is 3.29. The minimum Gasteiger partial charge on any atom is -0.329 e. The first-order chi connectivity index (χ1) is 9.52. The van der Waals surface area contributed by atoms with Crippen molar-refractivity contribution >= 4 is 11.3 Å². The van der Waals surface area contributed by atoms with Crippen LogP contribution in [-0.4, -0.2) is 18.5 Å². The van der Waals surface area contributed by atoms with Gasteiger partial charge in [0.25, 0.3) is 0 Å². The fourth-order valence-corrected chi connectivity index (χ4v) is 3.33. The second-order valence-electron chi connectivity index (χ2n) is 5.59. The molecule has 0 aliphatic carbocycles. The van der Waals surface area contributed by atoms with E-state index in [-0.39, 0.29) is 6.04 Å². The summed E-state index contributed by atoms with van der Waals surface area (Å²) in [5.41, 5.74) is 12.8. The molecule has 20 heavy (non-hydrogen) atoms. The molecule has 0 aliphatic rings. The number of hydrogen-bond acceptors (Lipinski definition) is 3. The van der Waals surface area contributed by atoms with Gasteiger partial charge >= 0.3 is 0 Å². The second-order valence-corrected chi connectivity index (χ2v) is 6.37. The molecule has 1 atom stereocenters. The van der Waals surface area contributed by atoms with Crippen molar-refractivity contribution in [3.63, 3.8) is 0 Å². The van der Waals surface area contributed by atoms with Gasteiger partial charge in [-0.25, -0.2) is 0 Å². The van der Waals surface area contributed by atoms with Gasteiger partial charge in [-0.3, -0.25) is 4.90 Å². The number of aryl methyl sites for hydroxylation is 3. The van der Waals surface area contributed by atoms with E-state index in [9.17, 15) is 0 Å². The molecule has 2 N–H and O–H groups in total. The molecule has 0 fully saturated rings. The largest absolute Gasteiger partial charge is 0.329 e. The molecule has 0 saturated heterocycles. The summed E-state index contributed by atoms with van der Waals surface area (Å²) in [6, 6.07) is 7.02. The second kappa shape index (κ2) is 6.53. The normalized spacial score (nSPS) is 12.9. The molecule has 0 bridgehead atoms. The molecule has 1 aromatic heterocycles. The Kier molecular flexibility index (Phi) is 4.97. The van der Waals surface area contributed by atoms with Crippen LogP contribution in [-0.2, 0) is 6.54 Å². The van der Waals surface area contributed by atoms with Crippen LogP contribution in [0.5, 0.6) is 0 Å². The van der Waals surface area contributed by atoms with Crippen LogP contribution >= 0.6 is 11.3 Å². The summed E-state index contributed by atoms with van der Waals surface area (Å²) >= 11 is 1.75. The summed E-state index contributed by atoms with van der Waals surface area (Å²) in [6.07, 6.45) is 0. The summed E-state index contributed by atoms with van der Waals surface area (Å²) in [7, 11) is 2.16. The van der Waals surface area contributed by atoms with E-state index in [1.54, 1.807) is 11.3 Å². The highest BCUT2D eigenvalue weighted by molar-refractivity contribution is 7.07. The minimum atomic E-state index is 0.272. The lowest BCUT2D eigenvalue weighted by atomic mass is 9.95. The summed E-state index contributed by atoms with van der Waals surface area (Å²) in [6.45, 7) is 8.11. The molecule has 1 heterocycles. The number of likely N-dealkylation sites (N-methyl/N-ethyl adjacent to an activating group) is 1. The Labute approximate surface area is 126 Å². The van der Waals surface area contributed by atoms with E-state index in [1.807, 2.05) is 0 Å². The standard InChI is InChI=1S/C17H24N2S/c1-12-7-14(3)16(8-13(12)2)17(9-18)19(4)10-15-5-6-20-11-15/h5-8,11,17H,9-10,18H2,1-4H3. The van der Waals surface area contributed by atoms with Gasteiger partial charge in [0.2, 0.25) is 0 Å². The monoisotopic (exact) mass is 288 g/mol. The Morgan fingerprint density at radius 3 is 2.45 bits per heavy atom. The summed E-state index contributed by atoms with van der Waals surface area (Å²) in [5.74, 6) is 0. The third-order valence-corrected chi connectivity index (χ3v) is 4.74. The molecule has 0 saturated carbocycles. The average Bonchev–Trinajstić information content (AvgIpc) is 2.89. The number of nitrogens with zero attached hydrogens (tertiary/aromatic N) is 1. The highest BCUT2D eigenvalue weighted by Gasteiger charge is 2.18. The summed E-state index contributed by atoms with van der Waals surface area (Å²) in [5, 5.41) is 4.33. The number of hydrogen-bond donors (Lipinski definition) is 1. The molecule has 0 radical (unpaired) electrons. The van der Waals surface area contributed by atoms with Crippen LogP contribution in [0, 0.1) is 20.8 Å². The topological polar surface area (TPSA) is 29.3 Å². The maximum atomic E-state index is 6.05. The van der Waals surface area contributed by atoms with E-state index in [0.29, 0.717) is 6.54 Å². The van der Waals surface area contributed by atoms with Crippen LogP contribution < -0.4 is 5.73 Å². The van der Waals surface area contributed by atoms with Crippen molar-refractivity contribution in [3.05, 3.63) is 56.8 Å². The Balaban J connectivity index is 2.25. The first kappa shape index (κ1) is 15.2. The molecule has 2 aromatic rings. The van der Waals surface area contributed by atoms with E-state index < -0.39 is 0 Å². The minimum absolute atomic E-state index is 0.272. The van der Waals surface area contributed by atoms with E-state index in [2.05, 4.69) is 61.7 Å². The average molecular weight is 288 g/mol. The number of rotatable bonds is 5. The van der Waals surface area contributed by atoms with E-state index >= 15 is 0 Å². The molecular formula is C17H24N2S. The van der Waals surface area contributed by atoms with Crippen LogP contribution in [0.4, 0.5) is 0 Å². The van der Waals surface area contributed by atoms with Crippen LogP contribution in [0.2, 0.25) is 0 Å². The van der Waals surface area contributed by atoms with Gasteiger partial charge in [-0.2, -0.15) is 11.3 Å². The van der Waals surface area contributed by atoms with E-state index in [0.717, 1.165) is 6.54 Å². The Bertz CT molecular complexity index is 561. The summed E-state index contributed by atoms with van der Waals surface area (Å²) < 4.78 is 0. The zero-order valence-electron chi connectivity index (χ0n) is 12.8. The Morgan fingerprint density at radius 2 is 1.85 bits per heavy atom. The Hall–Kier alpha value is -1.16. The Morgan fingerprint density at radius 1 is 1.15 bits per heavy atom. The van der Waals surface area contributed by atoms with Gasteiger partial charge in [-0.15, -0.1) is 0 Å². The van der Waals surface area contributed by atoms with Crippen LogP contribution in [0.25, 0.3) is 0 Å². The van der Waals surface area contributed by atoms with Gasteiger partial charge in [-0.1, -0.05) is 12.1 Å². The number of thiophene rings is 1. The number of benzene rings is 1. The van der Waals surface area contributed by atoms with Crippen molar-refractivity contribution < 1.29 is 0 Å². The lowest BCUT2D eigenvalue weighted by Crippen LogP contribution is -2.30. The SMILES string of the molecule is Cc1cc(C)c(C(CN)N(C)Cc2ccsc2)cc1C. The molecule has 2 nitrogen and oxygen atoms in total. The van der Waals surface area contributed by atoms with Gasteiger partial charge in [0.1, 0.15) is 0 Å². The smallest absolute Gasteiger partial charge is 0.0473 e. The van der Waals surface area contributed by atoms with Crippen molar-refractivity contribution in [1.82, 2.24) is 4.90 Å². The molecule has 0 aliphatic heterocycles.